The molecule has 0 saturated heterocycles. The molecule has 0 radical (unpaired) electrons. The van der Waals surface area contributed by atoms with Crippen molar-refractivity contribution in [3.63, 3.8) is 0 Å². The van der Waals surface area contributed by atoms with Gasteiger partial charge in [0.2, 0.25) is 0 Å². The Hall–Kier alpha value is -4.68. The Bertz CT molecular complexity index is 1940. The fourth-order valence-corrected chi connectivity index (χ4v) is 7.30. The highest BCUT2D eigenvalue weighted by Crippen LogP contribution is 2.51. The lowest BCUT2D eigenvalue weighted by atomic mass is 9.81. The van der Waals surface area contributed by atoms with Crippen LogP contribution in [0, 0.1) is 0 Å². The molecule has 0 atom stereocenters. The van der Waals surface area contributed by atoms with Gasteiger partial charge in [0.1, 0.15) is 0 Å². The lowest BCUT2D eigenvalue weighted by Crippen LogP contribution is -2.15. The molecule has 0 heteroatoms. The molecule has 0 saturated carbocycles. The summed E-state index contributed by atoms with van der Waals surface area (Å²) in [6.07, 6.45) is 9.46. The van der Waals surface area contributed by atoms with E-state index in [1.165, 1.54) is 72.3 Å². The quantitative estimate of drug-likeness (QED) is 0.183. The van der Waals surface area contributed by atoms with E-state index in [1.54, 1.807) is 0 Å². The number of allylic oxidation sites excluding steroid dienone is 5. The van der Waals surface area contributed by atoms with Crippen LogP contribution in [0.2, 0.25) is 0 Å². The molecule has 5 aromatic rings. The Kier molecular flexibility index (Phi) is 6.47. The van der Waals surface area contributed by atoms with E-state index in [9.17, 15) is 0 Å². The van der Waals surface area contributed by atoms with E-state index in [1.807, 2.05) is 6.08 Å². The van der Waals surface area contributed by atoms with Gasteiger partial charge in [-0.3, -0.25) is 0 Å². The van der Waals surface area contributed by atoms with Crippen LogP contribution in [0.25, 0.3) is 39.0 Å². The van der Waals surface area contributed by atoms with Gasteiger partial charge in [0, 0.05) is 10.8 Å². The van der Waals surface area contributed by atoms with E-state index in [0.29, 0.717) is 0 Å². The number of hydrogen-bond donors (Lipinski definition) is 0. The molecule has 210 valence electrons. The molecular weight excluding hydrogens is 516 g/mol. The van der Waals surface area contributed by atoms with Gasteiger partial charge in [0.15, 0.2) is 0 Å². The van der Waals surface area contributed by atoms with E-state index in [0.717, 1.165) is 6.42 Å². The van der Waals surface area contributed by atoms with Gasteiger partial charge >= 0.3 is 0 Å². The zero-order valence-electron chi connectivity index (χ0n) is 25.6. The summed E-state index contributed by atoms with van der Waals surface area (Å²) < 4.78 is 0. The van der Waals surface area contributed by atoms with Crippen LogP contribution in [-0.4, -0.2) is 0 Å². The lowest BCUT2D eigenvalue weighted by molar-refractivity contribution is 0.659. The number of hydrogen-bond acceptors (Lipinski definition) is 0. The minimum absolute atomic E-state index is 0.0123. The Morgan fingerprint density at radius 3 is 1.95 bits per heavy atom. The topological polar surface area (TPSA) is 0 Å². The van der Waals surface area contributed by atoms with Crippen LogP contribution in [0.5, 0.6) is 0 Å². The van der Waals surface area contributed by atoms with Crippen LogP contribution in [-0.2, 0) is 17.3 Å². The second kappa shape index (κ2) is 10.2. The summed E-state index contributed by atoms with van der Waals surface area (Å²) in [4.78, 5) is 0. The fourth-order valence-electron chi connectivity index (χ4n) is 7.30. The molecule has 2 aliphatic rings. The third kappa shape index (κ3) is 4.45. The highest BCUT2D eigenvalue weighted by atomic mass is 14.4. The third-order valence-corrected chi connectivity index (χ3v) is 9.71. The average Bonchev–Trinajstić information content (AvgIpc) is 3.40. The summed E-state index contributed by atoms with van der Waals surface area (Å²) in [6.45, 7) is 13.4. The highest BCUT2D eigenvalue weighted by Gasteiger charge is 2.36. The summed E-state index contributed by atoms with van der Waals surface area (Å²) in [5.41, 5.74) is 17.3. The fraction of sp³-hybridized carbons (Fsp3) is 0.163. The van der Waals surface area contributed by atoms with Gasteiger partial charge in [-0.25, -0.2) is 0 Å². The maximum absolute atomic E-state index is 4.02. The highest BCUT2D eigenvalue weighted by molar-refractivity contribution is 5.85. The summed E-state index contributed by atoms with van der Waals surface area (Å²) in [5, 5.41) is 0. The molecular formula is C43H38. The average molecular weight is 555 g/mol. The summed E-state index contributed by atoms with van der Waals surface area (Å²) in [5.74, 6) is 0. The van der Waals surface area contributed by atoms with Crippen LogP contribution in [0.3, 0.4) is 0 Å². The normalized spacial score (nSPS) is 15.6. The van der Waals surface area contributed by atoms with Crippen LogP contribution in [0.4, 0.5) is 0 Å². The van der Waals surface area contributed by atoms with Crippen molar-refractivity contribution in [3.05, 3.63) is 173 Å². The predicted octanol–water partition coefficient (Wildman–Crippen LogP) is 11.3. The largest absolute Gasteiger partial charge is 0.0990 e. The molecule has 0 spiro atoms. The maximum Gasteiger partial charge on any atom is 0.0159 e. The molecule has 0 aliphatic heterocycles. The van der Waals surface area contributed by atoms with Gasteiger partial charge in [-0.1, -0.05) is 156 Å². The lowest BCUT2D eigenvalue weighted by Gasteiger charge is -2.22. The van der Waals surface area contributed by atoms with Crippen LogP contribution < -0.4 is 0 Å². The van der Waals surface area contributed by atoms with Crippen LogP contribution in [0.1, 0.15) is 61.1 Å². The van der Waals surface area contributed by atoms with Crippen molar-refractivity contribution in [2.24, 2.45) is 0 Å². The van der Waals surface area contributed by atoms with E-state index >= 15 is 0 Å². The molecule has 0 N–H and O–H groups in total. The monoisotopic (exact) mass is 554 g/mol. The predicted molar refractivity (Wildman–Crippen MR) is 184 cm³/mol. The van der Waals surface area contributed by atoms with Gasteiger partial charge < -0.3 is 0 Å². The minimum atomic E-state index is -0.0438. The first-order valence-electron chi connectivity index (χ1n) is 15.4. The molecule has 0 bridgehead atoms. The molecule has 0 amide bonds. The Morgan fingerprint density at radius 2 is 1.19 bits per heavy atom. The Morgan fingerprint density at radius 1 is 0.581 bits per heavy atom. The van der Waals surface area contributed by atoms with Crippen molar-refractivity contribution in [2.75, 3.05) is 0 Å². The minimum Gasteiger partial charge on any atom is -0.0990 e. The third-order valence-electron chi connectivity index (χ3n) is 9.71. The van der Waals surface area contributed by atoms with Crippen molar-refractivity contribution in [1.82, 2.24) is 0 Å². The van der Waals surface area contributed by atoms with Crippen molar-refractivity contribution in [2.45, 2.75) is 44.9 Å². The van der Waals surface area contributed by atoms with Crippen molar-refractivity contribution < 1.29 is 0 Å². The first-order chi connectivity index (χ1) is 20.8. The number of rotatable bonds is 6. The molecule has 0 nitrogen and oxygen atoms in total. The van der Waals surface area contributed by atoms with Gasteiger partial charge in [0.05, 0.1) is 0 Å². The Balaban J connectivity index is 1.15. The van der Waals surface area contributed by atoms with Gasteiger partial charge in [0.25, 0.3) is 0 Å². The molecule has 0 fully saturated rings. The molecule has 2 aliphatic carbocycles. The maximum atomic E-state index is 4.02. The zero-order chi connectivity index (χ0) is 29.8. The second-order valence-corrected chi connectivity index (χ2v) is 13.0. The molecule has 7 rings (SSSR count). The number of fused-ring (bicyclic) bond motifs is 6. The molecule has 43 heavy (non-hydrogen) atoms. The smallest absolute Gasteiger partial charge is 0.0159 e. The second-order valence-electron chi connectivity index (χ2n) is 13.0. The summed E-state index contributed by atoms with van der Waals surface area (Å²) >= 11 is 0. The first kappa shape index (κ1) is 27.2. The molecule has 0 aromatic heterocycles. The van der Waals surface area contributed by atoms with Gasteiger partial charge in [-0.2, -0.15) is 0 Å². The standard InChI is InChI=1S/C43H38/c1-6-13-30(32-21-24-36-34-18-10-11-19-38(34)42(2,3)40(36)27-32)17-12-14-29-20-23-35-37-25-22-33(31-15-8-7-9-16-31)28-41(37)43(4,5)39(35)26-29/h6-13,15-28H,1,14H2,2-5H3/b17-12-,30-13+. The van der Waals surface area contributed by atoms with E-state index in [-0.39, 0.29) is 10.8 Å². The van der Waals surface area contributed by atoms with Crippen LogP contribution in [0.15, 0.2) is 140 Å². The van der Waals surface area contributed by atoms with E-state index < -0.39 is 0 Å². The molecule has 0 unspecified atom stereocenters. The summed E-state index contributed by atoms with van der Waals surface area (Å²) in [7, 11) is 0. The van der Waals surface area contributed by atoms with Crippen molar-refractivity contribution >= 4 is 5.57 Å². The van der Waals surface area contributed by atoms with Gasteiger partial charge in [-0.15, -0.1) is 0 Å². The SMILES string of the molecule is C=C/C=C(\C=C/Cc1ccc2c(c1)C(C)(C)c1cc(-c3ccccc3)ccc1-2)c1ccc2c(c1)C(C)(C)c1ccccc1-2. The Labute approximate surface area is 256 Å². The zero-order valence-corrected chi connectivity index (χ0v) is 25.6. The van der Waals surface area contributed by atoms with Crippen LogP contribution >= 0.6 is 0 Å². The number of benzene rings is 5. The molecule has 0 heterocycles. The van der Waals surface area contributed by atoms with E-state index in [4.69, 9.17) is 0 Å². The van der Waals surface area contributed by atoms with Gasteiger partial charge in [-0.05, 0) is 90.9 Å². The first-order valence-corrected chi connectivity index (χ1v) is 15.4. The van der Waals surface area contributed by atoms with E-state index in [2.05, 4.69) is 162 Å². The summed E-state index contributed by atoms with van der Waals surface area (Å²) in [6, 6.07) is 40.5. The molecule has 5 aromatic carbocycles. The van der Waals surface area contributed by atoms with Crippen molar-refractivity contribution in [1.29, 1.82) is 0 Å². The van der Waals surface area contributed by atoms with Crippen molar-refractivity contribution in [3.8, 4) is 33.4 Å².